The SMILES string of the molecule is O=COC(C(=O)NC1(OCc2ccccc2)C(=O)N2C(C(=O)O)=C(CCl)CS[C@@H]21)c1ccccc1. The maximum Gasteiger partial charge on any atom is 0.352 e. The number of β-lactam (4-membered cyclic amide) rings is 1. The first-order valence-electron chi connectivity index (χ1n) is 10.5. The molecule has 9 nitrogen and oxygen atoms in total. The van der Waals surface area contributed by atoms with Gasteiger partial charge in [-0.15, -0.1) is 23.4 Å². The van der Waals surface area contributed by atoms with E-state index in [1.54, 1.807) is 54.6 Å². The Morgan fingerprint density at radius 3 is 2.46 bits per heavy atom. The van der Waals surface area contributed by atoms with E-state index in [-0.39, 0.29) is 30.4 Å². The summed E-state index contributed by atoms with van der Waals surface area (Å²) in [6.07, 6.45) is -1.34. The van der Waals surface area contributed by atoms with Gasteiger partial charge in [-0.2, -0.15) is 0 Å². The van der Waals surface area contributed by atoms with Crippen LogP contribution in [-0.2, 0) is 35.3 Å². The molecule has 1 saturated heterocycles. The Balaban J connectivity index is 1.68. The van der Waals surface area contributed by atoms with Gasteiger partial charge in [0.25, 0.3) is 24.0 Å². The Morgan fingerprint density at radius 2 is 1.86 bits per heavy atom. The quantitative estimate of drug-likeness (QED) is 0.214. The summed E-state index contributed by atoms with van der Waals surface area (Å²) in [4.78, 5) is 51.0. The molecule has 2 N–H and O–H groups in total. The maximum atomic E-state index is 13.5. The largest absolute Gasteiger partial charge is 0.477 e. The molecule has 0 bridgehead atoms. The maximum absolute atomic E-state index is 13.5. The van der Waals surface area contributed by atoms with Gasteiger partial charge < -0.3 is 19.9 Å². The average Bonchev–Trinajstić information content (AvgIpc) is 2.89. The lowest BCUT2D eigenvalue weighted by molar-refractivity contribution is -0.203. The molecule has 0 radical (unpaired) electrons. The summed E-state index contributed by atoms with van der Waals surface area (Å²) < 4.78 is 11.1. The normalized spacial score (nSPS) is 22.0. The highest BCUT2D eigenvalue weighted by atomic mass is 35.5. The van der Waals surface area contributed by atoms with Gasteiger partial charge in [0.05, 0.1) is 6.61 Å². The Hall–Kier alpha value is -3.34. The van der Waals surface area contributed by atoms with E-state index < -0.39 is 35.0 Å². The summed E-state index contributed by atoms with van der Waals surface area (Å²) in [6, 6.07) is 17.3. The van der Waals surface area contributed by atoms with Crippen molar-refractivity contribution in [2.75, 3.05) is 11.6 Å². The zero-order valence-electron chi connectivity index (χ0n) is 18.3. The molecule has 2 aromatic carbocycles. The van der Waals surface area contributed by atoms with Crippen molar-refractivity contribution < 1.29 is 33.8 Å². The number of hydrogen-bond donors (Lipinski definition) is 2. The smallest absolute Gasteiger partial charge is 0.352 e. The molecule has 4 rings (SSSR count). The van der Waals surface area contributed by atoms with Crippen molar-refractivity contribution >= 4 is 47.6 Å². The third kappa shape index (κ3) is 4.64. The zero-order chi connectivity index (χ0) is 25.0. The minimum absolute atomic E-state index is 0.0310. The Bertz CT molecular complexity index is 1160. The number of carbonyl (C=O) groups excluding carboxylic acids is 3. The topological polar surface area (TPSA) is 122 Å². The van der Waals surface area contributed by atoms with Crippen LogP contribution in [0.4, 0.5) is 0 Å². The second-order valence-electron chi connectivity index (χ2n) is 7.75. The van der Waals surface area contributed by atoms with E-state index in [1.165, 1.54) is 11.8 Å². The molecule has 0 saturated carbocycles. The van der Waals surface area contributed by atoms with Crippen LogP contribution in [0.1, 0.15) is 17.2 Å². The van der Waals surface area contributed by atoms with Gasteiger partial charge in [0.2, 0.25) is 6.10 Å². The Kier molecular flexibility index (Phi) is 7.44. The number of thioether (sulfide) groups is 1. The molecule has 0 aliphatic carbocycles. The van der Waals surface area contributed by atoms with Gasteiger partial charge >= 0.3 is 5.97 Å². The first kappa shape index (κ1) is 24.8. The number of fused-ring (bicyclic) bond motifs is 1. The monoisotopic (exact) mass is 516 g/mol. The number of nitrogens with zero attached hydrogens (tertiary/aromatic N) is 1. The van der Waals surface area contributed by atoms with Crippen LogP contribution in [0.5, 0.6) is 0 Å². The number of ether oxygens (including phenoxy) is 2. The average molecular weight is 517 g/mol. The molecule has 1 fully saturated rings. The summed E-state index contributed by atoms with van der Waals surface area (Å²) in [7, 11) is 0. The summed E-state index contributed by atoms with van der Waals surface area (Å²) in [6.45, 7) is 0.119. The van der Waals surface area contributed by atoms with Crippen molar-refractivity contribution in [1.82, 2.24) is 10.2 Å². The van der Waals surface area contributed by atoms with Gasteiger partial charge in [0, 0.05) is 17.2 Å². The second kappa shape index (κ2) is 10.5. The van der Waals surface area contributed by atoms with Crippen LogP contribution in [-0.4, -0.2) is 57.0 Å². The number of carboxylic acid groups (broad SMARTS) is 1. The fourth-order valence-electron chi connectivity index (χ4n) is 3.97. The van der Waals surface area contributed by atoms with Gasteiger partial charge in [0.1, 0.15) is 11.1 Å². The Morgan fingerprint density at radius 1 is 1.20 bits per heavy atom. The molecule has 2 unspecified atom stereocenters. The highest BCUT2D eigenvalue weighted by molar-refractivity contribution is 8.00. The first-order valence-corrected chi connectivity index (χ1v) is 12.1. The predicted molar refractivity (Wildman–Crippen MR) is 127 cm³/mol. The molecule has 3 atom stereocenters. The van der Waals surface area contributed by atoms with E-state index in [4.69, 9.17) is 21.1 Å². The fourth-order valence-corrected chi connectivity index (χ4v) is 5.71. The van der Waals surface area contributed by atoms with Gasteiger partial charge in [-0.05, 0) is 11.1 Å². The van der Waals surface area contributed by atoms with E-state index in [0.717, 1.165) is 10.5 Å². The summed E-state index contributed by atoms with van der Waals surface area (Å²) in [5, 5.41) is 11.5. The number of carboxylic acids is 1. The highest BCUT2D eigenvalue weighted by Crippen LogP contribution is 2.47. The van der Waals surface area contributed by atoms with E-state index >= 15 is 0 Å². The van der Waals surface area contributed by atoms with Crippen LogP contribution in [0.25, 0.3) is 0 Å². The number of nitrogens with one attached hydrogen (secondary N) is 1. The Labute approximate surface area is 210 Å². The number of benzene rings is 2. The van der Waals surface area contributed by atoms with Crippen LogP contribution in [0, 0.1) is 0 Å². The van der Waals surface area contributed by atoms with Crippen LogP contribution >= 0.6 is 23.4 Å². The number of halogens is 1. The van der Waals surface area contributed by atoms with Crippen molar-refractivity contribution in [2.24, 2.45) is 0 Å². The van der Waals surface area contributed by atoms with Crippen molar-refractivity contribution in [3.8, 4) is 0 Å². The minimum atomic E-state index is -1.88. The highest BCUT2D eigenvalue weighted by Gasteiger charge is 2.67. The van der Waals surface area contributed by atoms with Gasteiger partial charge in [-0.25, -0.2) is 4.79 Å². The van der Waals surface area contributed by atoms with Gasteiger partial charge in [0.15, 0.2) is 0 Å². The second-order valence-corrected chi connectivity index (χ2v) is 9.09. The molecule has 2 aliphatic heterocycles. The molecular weight excluding hydrogens is 496 g/mol. The summed E-state index contributed by atoms with van der Waals surface area (Å²) in [5.41, 5.74) is -0.567. The molecule has 2 aliphatic rings. The number of amides is 2. The molecule has 0 aromatic heterocycles. The van der Waals surface area contributed by atoms with Gasteiger partial charge in [-0.3, -0.25) is 19.3 Å². The van der Waals surface area contributed by atoms with Crippen LogP contribution in [0.2, 0.25) is 0 Å². The summed E-state index contributed by atoms with van der Waals surface area (Å²) in [5.74, 6) is -2.66. The minimum Gasteiger partial charge on any atom is -0.477 e. The molecule has 11 heteroatoms. The van der Waals surface area contributed by atoms with E-state index in [9.17, 15) is 24.3 Å². The lowest BCUT2D eigenvalue weighted by atomic mass is 9.97. The van der Waals surface area contributed by atoms with Crippen LogP contribution in [0.3, 0.4) is 0 Å². The summed E-state index contributed by atoms with van der Waals surface area (Å²) >= 11 is 7.15. The van der Waals surface area contributed by atoms with Crippen molar-refractivity contribution in [3.05, 3.63) is 83.1 Å². The standard InChI is InChI=1S/C24H21ClN2O7S/c25-11-17-13-35-23-24(22(32)27(23)18(17)21(30)31,34-12-15-7-3-1-4-8-15)26-20(29)19(33-14-28)16-9-5-2-6-10-16/h1-10,14,19,23H,11-13H2,(H,26,29)(H,30,31)/t19?,23-,24?/m1/s1. The lowest BCUT2D eigenvalue weighted by Crippen LogP contribution is -2.81. The van der Waals surface area contributed by atoms with Gasteiger partial charge in [-0.1, -0.05) is 60.7 Å². The third-order valence-corrected chi connectivity index (χ3v) is 7.32. The molecule has 2 aromatic rings. The zero-order valence-corrected chi connectivity index (χ0v) is 19.8. The molecular formula is C24H21ClN2O7S. The number of hydrogen-bond acceptors (Lipinski definition) is 7. The molecule has 2 heterocycles. The molecule has 0 spiro atoms. The van der Waals surface area contributed by atoms with Crippen molar-refractivity contribution in [1.29, 1.82) is 0 Å². The number of rotatable bonds is 10. The lowest BCUT2D eigenvalue weighted by Gasteiger charge is -2.56. The van der Waals surface area contributed by atoms with E-state index in [0.29, 0.717) is 11.1 Å². The fraction of sp³-hybridized carbons (Fsp3) is 0.250. The van der Waals surface area contributed by atoms with Crippen LogP contribution < -0.4 is 5.32 Å². The van der Waals surface area contributed by atoms with Crippen molar-refractivity contribution in [3.63, 3.8) is 0 Å². The van der Waals surface area contributed by atoms with E-state index in [1.807, 2.05) is 6.07 Å². The molecule has 182 valence electrons. The van der Waals surface area contributed by atoms with Crippen molar-refractivity contribution in [2.45, 2.75) is 23.8 Å². The number of aliphatic carboxylic acids is 1. The first-order chi connectivity index (χ1) is 16.9. The molecule has 2 amide bonds. The number of carbonyl (C=O) groups is 4. The number of alkyl halides is 1. The van der Waals surface area contributed by atoms with Crippen LogP contribution in [0.15, 0.2) is 71.9 Å². The van der Waals surface area contributed by atoms with E-state index in [2.05, 4.69) is 5.32 Å². The predicted octanol–water partition coefficient (Wildman–Crippen LogP) is 2.42. The third-order valence-electron chi connectivity index (χ3n) is 5.62. The molecule has 35 heavy (non-hydrogen) atoms.